The molecule has 1 aromatic heterocycles. The Bertz CT molecular complexity index is 987. The van der Waals surface area contributed by atoms with Gasteiger partial charge in [0.25, 0.3) is 5.91 Å². The fourth-order valence-corrected chi connectivity index (χ4v) is 3.59. The monoisotopic (exact) mass is 405 g/mol. The maximum absolute atomic E-state index is 12.8. The lowest BCUT2D eigenvalue weighted by molar-refractivity contribution is 0.0747. The molecule has 3 aromatic rings. The highest BCUT2D eigenvalue weighted by molar-refractivity contribution is 5.94. The van der Waals surface area contributed by atoms with Gasteiger partial charge in [-0.2, -0.15) is 4.98 Å². The molecule has 4 rings (SSSR count). The van der Waals surface area contributed by atoms with E-state index >= 15 is 0 Å². The highest BCUT2D eigenvalue weighted by Gasteiger charge is 2.22. The Morgan fingerprint density at radius 3 is 2.23 bits per heavy atom. The number of amides is 1. The van der Waals surface area contributed by atoms with Crippen molar-refractivity contribution in [1.29, 1.82) is 0 Å². The van der Waals surface area contributed by atoms with Crippen LogP contribution in [0, 0.1) is 0 Å². The van der Waals surface area contributed by atoms with Gasteiger partial charge in [-0.1, -0.05) is 12.1 Å². The largest absolute Gasteiger partial charge is 0.378 e. The minimum atomic E-state index is 0.0964. The minimum absolute atomic E-state index is 0.0964. The average molecular weight is 406 g/mol. The first-order valence-electron chi connectivity index (χ1n) is 10.3. The molecule has 0 spiro atoms. The number of piperazine rings is 1. The smallest absolute Gasteiger partial charge is 0.253 e. The maximum atomic E-state index is 12.8. The Hall–Kier alpha value is -3.35. The number of rotatable bonds is 5. The van der Waals surface area contributed by atoms with Crippen molar-refractivity contribution in [3.8, 4) is 11.4 Å². The van der Waals surface area contributed by atoms with Crippen molar-refractivity contribution in [2.45, 2.75) is 13.3 Å². The molecule has 0 bridgehead atoms. The van der Waals surface area contributed by atoms with Gasteiger partial charge in [-0.15, -0.1) is 0 Å². The van der Waals surface area contributed by atoms with E-state index < -0.39 is 0 Å². The zero-order valence-electron chi connectivity index (χ0n) is 17.7. The number of nitrogens with zero attached hydrogens (tertiary/aromatic N) is 5. The van der Waals surface area contributed by atoms with Crippen molar-refractivity contribution < 1.29 is 9.32 Å². The molecule has 156 valence electrons. The van der Waals surface area contributed by atoms with E-state index in [0.29, 0.717) is 24.8 Å². The van der Waals surface area contributed by atoms with Gasteiger partial charge in [0.15, 0.2) is 0 Å². The third-order valence-electron chi connectivity index (χ3n) is 5.46. The van der Waals surface area contributed by atoms with Crippen molar-refractivity contribution in [3.63, 3.8) is 0 Å². The van der Waals surface area contributed by atoms with Gasteiger partial charge >= 0.3 is 0 Å². The molecule has 0 N–H and O–H groups in total. The van der Waals surface area contributed by atoms with Crippen LogP contribution in [0.3, 0.4) is 0 Å². The van der Waals surface area contributed by atoms with Crippen LogP contribution in [0.25, 0.3) is 11.4 Å². The summed E-state index contributed by atoms with van der Waals surface area (Å²) in [4.78, 5) is 23.5. The number of aromatic nitrogens is 2. The van der Waals surface area contributed by atoms with Crippen molar-refractivity contribution >= 4 is 17.3 Å². The first kappa shape index (κ1) is 19.9. The molecule has 1 aliphatic rings. The molecule has 0 saturated carbocycles. The second-order valence-corrected chi connectivity index (χ2v) is 7.63. The molecule has 30 heavy (non-hydrogen) atoms. The predicted octanol–water partition coefficient (Wildman–Crippen LogP) is 3.33. The van der Waals surface area contributed by atoms with Crippen LogP contribution in [-0.4, -0.2) is 61.2 Å². The topological polar surface area (TPSA) is 65.7 Å². The van der Waals surface area contributed by atoms with Crippen molar-refractivity contribution in [1.82, 2.24) is 15.0 Å². The average Bonchev–Trinajstić information content (AvgIpc) is 3.28. The molecule has 2 aromatic carbocycles. The van der Waals surface area contributed by atoms with Gasteiger partial charge in [-0.25, -0.2) is 0 Å². The molecule has 1 saturated heterocycles. The molecule has 1 fully saturated rings. The zero-order valence-corrected chi connectivity index (χ0v) is 17.7. The van der Waals surface area contributed by atoms with E-state index in [1.54, 1.807) is 0 Å². The molecule has 7 heteroatoms. The Balaban J connectivity index is 1.36. The summed E-state index contributed by atoms with van der Waals surface area (Å²) in [5.41, 5.74) is 3.91. The normalized spacial score (nSPS) is 14.1. The molecule has 0 atom stereocenters. The van der Waals surface area contributed by atoms with Gasteiger partial charge < -0.3 is 19.2 Å². The predicted molar refractivity (Wildman–Crippen MR) is 118 cm³/mol. The minimum Gasteiger partial charge on any atom is -0.378 e. The number of anilines is 2. The van der Waals surface area contributed by atoms with Crippen molar-refractivity contribution in [3.05, 3.63) is 60.0 Å². The summed E-state index contributed by atoms with van der Waals surface area (Å²) < 4.78 is 5.19. The number of hydrogen-bond acceptors (Lipinski definition) is 6. The lowest BCUT2D eigenvalue weighted by Crippen LogP contribution is -2.48. The summed E-state index contributed by atoms with van der Waals surface area (Å²) in [5.74, 6) is 1.36. The van der Waals surface area contributed by atoms with Gasteiger partial charge in [0.1, 0.15) is 0 Å². The zero-order chi connectivity index (χ0) is 21.1. The van der Waals surface area contributed by atoms with Crippen LogP contribution in [0.2, 0.25) is 0 Å². The number of carbonyl (C=O) groups excluding carboxylic acids is 1. The Labute approximate surface area is 176 Å². The molecule has 7 nitrogen and oxygen atoms in total. The summed E-state index contributed by atoms with van der Waals surface area (Å²) in [6, 6.07) is 16.0. The second-order valence-electron chi connectivity index (χ2n) is 7.63. The van der Waals surface area contributed by atoms with E-state index in [1.807, 2.05) is 67.2 Å². The fourth-order valence-electron chi connectivity index (χ4n) is 3.59. The molecule has 0 unspecified atom stereocenters. The Morgan fingerprint density at radius 2 is 1.67 bits per heavy atom. The van der Waals surface area contributed by atoms with E-state index in [-0.39, 0.29) is 5.91 Å². The molecular weight excluding hydrogens is 378 g/mol. The van der Waals surface area contributed by atoms with Gasteiger partial charge in [-0.05, 0) is 48.5 Å². The van der Waals surface area contributed by atoms with Gasteiger partial charge in [-0.3, -0.25) is 4.79 Å². The van der Waals surface area contributed by atoms with E-state index in [9.17, 15) is 4.79 Å². The lowest BCUT2D eigenvalue weighted by Gasteiger charge is -2.36. The van der Waals surface area contributed by atoms with Crippen molar-refractivity contribution in [2.24, 2.45) is 0 Å². The van der Waals surface area contributed by atoms with Gasteiger partial charge in [0.2, 0.25) is 11.7 Å². The number of aryl methyl sites for hydroxylation is 1. The molecule has 1 amide bonds. The number of benzene rings is 2. The highest BCUT2D eigenvalue weighted by Crippen LogP contribution is 2.23. The van der Waals surface area contributed by atoms with Crippen LogP contribution in [0.5, 0.6) is 0 Å². The van der Waals surface area contributed by atoms with Crippen LogP contribution in [0.4, 0.5) is 11.4 Å². The summed E-state index contributed by atoms with van der Waals surface area (Å²) in [6.45, 7) is 5.02. The van der Waals surface area contributed by atoms with Crippen LogP contribution in [0.15, 0.2) is 53.1 Å². The first-order valence-corrected chi connectivity index (χ1v) is 10.3. The van der Waals surface area contributed by atoms with E-state index in [0.717, 1.165) is 42.0 Å². The van der Waals surface area contributed by atoms with Crippen molar-refractivity contribution in [2.75, 3.05) is 50.1 Å². The Kier molecular flexibility index (Phi) is 5.70. The van der Waals surface area contributed by atoms with Gasteiger partial charge in [0, 0.05) is 69.2 Å². The Morgan fingerprint density at radius 1 is 1.00 bits per heavy atom. The number of hydrogen-bond donors (Lipinski definition) is 0. The van der Waals surface area contributed by atoms with E-state index in [1.165, 1.54) is 0 Å². The van der Waals surface area contributed by atoms with E-state index in [2.05, 4.69) is 27.2 Å². The van der Waals surface area contributed by atoms with Crippen LogP contribution in [-0.2, 0) is 6.42 Å². The molecule has 0 radical (unpaired) electrons. The lowest BCUT2D eigenvalue weighted by atomic mass is 10.1. The summed E-state index contributed by atoms with van der Waals surface area (Å²) in [7, 11) is 3.99. The fraction of sp³-hybridized carbons (Fsp3) is 0.348. The highest BCUT2D eigenvalue weighted by atomic mass is 16.5. The summed E-state index contributed by atoms with van der Waals surface area (Å²) in [6.07, 6.45) is 0.730. The van der Waals surface area contributed by atoms with Gasteiger partial charge in [0.05, 0.1) is 0 Å². The van der Waals surface area contributed by atoms with E-state index in [4.69, 9.17) is 4.52 Å². The molecule has 2 heterocycles. The maximum Gasteiger partial charge on any atom is 0.253 e. The first-order chi connectivity index (χ1) is 14.5. The standard InChI is InChI=1S/C23H27N5O2/c1-4-21-24-22(25-30-21)17-5-11-20(12-6-17)27-13-15-28(16-14-27)23(29)18-7-9-19(10-8-18)26(2)3/h5-12H,4,13-16H2,1-3H3. The van der Waals surface area contributed by atoms with Crippen LogP contribution < -0.4 is 9.80 Å². The molecular formula is C23H27N5O2. The SMILES string of the molecule is CCc1nc(-c2ccc(N3CCN(C(=O)c4ccc(N(C)C)cc4)CC3)cc2)no1. The molecule has 0 aliphatic carbocycles. The van der Waals surface area contributed by atoms with Crippen LogP contribution >= 0.6 is 0 Å². The summed E-state index contributed by atoms with van der Waals surface area (Å²) in [5, 5.41) is 4.03. The number of carbonyl (C=O) groups is 1. The third-order valence-corrected chi connectivity index (χ3v) is 5.46. The third kappa shape index (κ3) is 4.15. The molecule has 1 aliphatic heterocycles. The van der Waals surface area contributed by atoms with Crippen LogP contribution in [0.1, 0.15) is 23.2 Å². The second kappa shape index (κ2) is 8.57. The summed E-state index contributed by atoms with van der Waals surface area (Å²) >= 11 is 0. The quantitative estimate of drug-likeness (QED) is 0.649.